The van der Waals surface area contributed by atoms with Crippen LogP contribution in [0.2, 0.25) is 0 Å². The van der Waals surface area contributed by atoms with Crippen molar-refractivity contribution in [2.45, 2.75) is 12.3 Å². The van der Waals surface area contributed by atoms with Crippen molar-refractivity contribution < 1.29 is 19.3 Å². The van der Waals surface area contributed by atoms with Crippen molar-refractivity contribution in [1.82, 2.24) is 5.32 Å². The first-order valence-electron chi connectivity index (χ1n) is 8.82. The van der Waals surface area contributed by atoms with Gasteiger partial charge in [0.25, 0.3) is 0 Å². The van der Waals surface area contributed by atoms with Crippen LogP contribution in [0.1, 0.15) is 17.0 Å². The van der Waals surface area contributed by atoms with Crippen LogP contribution in [0.25, 0.3) is 0 Å². The highest BCUT2D eigenvalue weighted by Gasteiger charge is 2.43. The van der Waals surface area contributed by atoms with Gasteiger partial charge in [0.1, 0.15) is 5.75 Å². The summed E-state index contributed by atoms with van der Waals surface area (Å²) in [6.07, 6.45) is 0.749. The Hall–Kier alpha value is -2.24. The minimum absolute atomic E-state index is 0.107. The number of benzene rings is 2. The molecule has 2 aromatic carbocycles. The summed E-state index contributed by atoms with van der Waals surface area (Å²) in [7, 11) is 4.95. The lowest BCUT2D eigenvalue weighted by atomic mass is 9.71. The minimum Gasteiger partial charge on any atom is -0.497 e. The summed E-state index contributed by atoms with van der Waals surface area (Å²) < 4.78 is 16.1. The monoisotopic (exact) mass is 357 g/mol. The fraction of sp³-hybridized carbons (Fsp3) is 0.429. The molecule has 1 aliphatic rings. The molecule has 0 saturated carbocycles. The first-order valence-corrected chi connectivity index (χ1v) is 8.82. The molecule has 0 bridgehead atoms. The third kappa shape index (κ3) is 3.50. The van der Waals surface area contributed by atoms with Crippen molar-refractivity contribution in [1.29, 1.82) is 0 Å². The van der Waals surface area contributed by atoms with Crippen LogP contribution in [0.3, 0.4) is 0 Å². The first kappa shape index (κ1) is 18.5. The quantitative estimate of drug-likeness (QED) is 0.798. The molecular weight excluding hydrogens is 330 g/mol. The van der Waals surface area contributed by atoms with Crippen LogP contribution in [0.4, 0.5) is 0 Å². The second-order valence-electron chi connectivity index (χ2n) is 6.85. The molecule has 2 aromatic rings. The van der Waals surface area contributed by atoms with Crippen molar-refractivity contribution in [2.24, 2.45) is 5.41 Å². The summed E-state index contributed by atoms with van der Waals surface area (Å²) in [5.41, 5.74) is 2.03. The number of rotatable bonds is 7. The second kappa shape index (κ2) is 7.98. The summed E-state index contributed by atoms with van der Waals surface area (Å²) >= 11 is 0. The van der Waals surface area contributed by atoms with Gasteiger partial charge in [-0.1, -0.05) is 18.2 Å². The number of aliphatic hydroxyl groups excluding tert-OH is 1. The highest BCUT2D eigenvalue weighted by molar-refractivity contribution is 5.43. The van der Waals surface area contributed by atoms with Gasteiger partial charge < -0.3 is 24.6 Å². The summed E-state index contributed by atoms with van der Waals surface area (Å²) in [6.45, 7) is 1.71. The molecular formula is C21H27NO4. The van der Waals surface area contributed by atoms with E-state index in [0.717, 1.165) is 30.8 Å². The molecule has 140 valence electrons. The van der Waals surface area contributed by atoms with E-state index in [1.165, 1.54) is 5.56 Å². The fourth-order valence-electron chi connectivity index (χ4n) is 3.94. The van der Waals surface area contributed by atoms with Gasteiger partial charge >= 0.3 is 0 Å². The average Bonchev–Trinajstić information content (AvgIpc) is 3.11. The average molecular weight is 357 g/mol. The van der Waals surface area contributed by atoms with E-state index in [0.29, 0.717) is 11.5 Å². The van der Waals surface area contributed by atoms with E-state index in [9.17, 15) is 5.11 Å². The third-order valence-electron chi connectivity index (χ3n) is 5.38. The topological polar surface area (TPSA) is 60.0 Å². The molecule has 1 fully saturated rings. The predicted molar refractivity (Wildman–Crippen MR) is 101 cm³/mol. The van der Waals surface area contributed by atoms with Crippen LogP contribution < -0.4 is 19.5 Å². The summed E-state index contributed by atoms with van der Waals surface area (Å²) in [5.74, 6) is 2.47. The van der Waals surface area contributed by atoms with Gasteiger partial charge in [-0.25, -0.2) is 0 Å². The molecule has 26 heavy (non-hydrogen) atoms. The van der Waals surface area contributed by atoms with Gasteiger partial charge in [-0.2, -0.15) is 0 Å². The molecule has 5 nitrogen and oxygen atoms in total. The van der Waals surface area contributed by atoms with E-state index in [4.69, 9.17) is 14.2 Å². The zero-order chi connectivity index (χ0) is 18.6. The molecule has 0 aliphatic carbocycles. The maximum absolute atomic E-state index is 10.3. The van der Waals surface area contributed by atoms with Crippen molar-refractivity contribution in [3.05, 3.63) is 53.6 Å². The molecule has 0 amide bonds. The zero-order valence-corrected chi connectivity index (χ0v) is 15.6. The predicted octanol–water partition coefficient (Wildman–Crippen LogP) is 2.62. The van der Waals surface area contributed by atoms with Crippen molar-refractivity contribution in [3.8, 4) is 17.2 Å². The van der Waals surface area contributed by atoms with Crippen LogP contribution in [-0.2, 0) is 6.42 Å². The number of methoxy groups -OCH3 is 3. The Labute approximate surface area is 154 Å². The maximum Gasteiger partial charge on any atom is 0.160 e. The van der Waals surface area contributed by atoms with Crippen LogP contribution in [0.15, 0.2) is 42.5 Å². The van der Waals surface area contributed by atoms with Gasteiger partial charge in [0, 0.05) is 24.4 Å². The minimum atomic E-state index is -0.272. The number of nitrogens with one attached hydrogen (secondary N) is 1. The van der Waals surface area contributed by atoms with Gasteiger partial charge in [0.2, 0.25) is 0 Å². The van der Waals surface area contributed by atoms with Gasteiger partial charge in [0.15, 0.2) is 11.5 Å². The van der Waals surface area contributed by atoms with E-state index in [2.05, 4.69) is 17.4 Å². The van der Waals surface area contributed by atoms with Gasteiger partial charge in [-0.05, 0) is 41.8 Å². The molecule has 2 atom stereocenters. The number of hydrogen-bond donors (Lipinski definition) is 2. The maximum atomic E-state index is 10.3. The normalized spacial score (nSPS) is 22.2. The molecule has 3 rings (SSSR count). The van der Waals surface area contributed by atoms with E-state index in [1.54, 1.807) is 21.3 Å². The van der Waals surface area contributed by atoms with Crippen LogP contribution in [0, 0.1) is 5.41 Å². The summed E-state index contributed by atoms with van der Waals surface area (Å²) in [5, 5.41) is 13.8. The highest BCUT2D eigenvalue weighted by Crippen LogP contribution is 2.43. The number of hydrogen-bond acceptors (Lipinski definition) is 5. The Balaban J connectivity index is 1.92. The van der Waals surface area contributed by atoms with Gasteiger partial charge in [0.05, 0.1) is 27.9 Å². The Kier molecular flexibility index (Phi) is 5.69. The van der Waals surface area contributed by atoms with E-state index < -0.39 is 0 Å². The molecule has 2 unspecified atom stereocenters. The number of ether oxygens (including phenoxy) is 3. The smallest absolute Gasteiger partial charge is 0.160 e. The SMILES string of the molecule is COc1cccc(C2CNCC2(CO)Cc2ccc(OC)c(OC)c2)c1. The van der Waals surface area contributed by atoms with Crippen LogP contribution in [-0.4, -0.2) is 46.1 Å². The Morgan fingerprint density at radius 2 is 1.85 bits per heavy atom. The fourth-order valence-corrected chi connectivity index (χ4v) is 3.94. The van der Waals surface area contributed by atoms with Gasteiger partial charge in [-0.3, -0.25) is 0 Å². The van der Waals surface area contributed by atoms with Crippen molar-refractivity contribution >= 4 is 0 Å². The van der Waals surface area contributed by atoms with Gasteiger partial charge in [-0.15, -0.1) is 0 Å². The molecule has 1 aliphatic heterocycles. The standard InChI is InChI=1S/C21H27NO4/c1-24-17-6-4-5-16(10-17)18-12-22-13-21(18,14-23)11-15-7-8-19(25-2)20(9-15)26-3/h4-10,18,22-23H,11-14H2,1-3H3. The molecule has 0 aromatic heterocycles. The largest absolute Gasteiger partial charge is 0.497 e. The highest BCUT2D eigenvalue weighted by atomic mass is 16.5. The first-order chi connectivity index (χ1) is 12.7. The Bertz CT molecular complexity index is 749. The lowest BCUT2D eigenvalue weighted by molar-refractivity contribution is 0.126. The number of aliphatic hydroxyl groups is 1. The van der Waals surface area contributed by atoms with E-state index >= 15 is 0 Å². The zero-order valence-electron chi connectivity index (χ0n) is 15.6. The third-order valence-corrected chi connectivity index (χ3v) is 5.38. The molecule has 1 saturated heterocycles. The van der Waals surface area contributed by atoms with E-state index in [1.807, 2.05) is 30.3 Å². The van der Waals surface area contributed by atoms with Crippen molar-refractivity contribution in [2.75, 3.05) is 41.0 Å². The Morgan fingerprint density at radius 1 is 1.04 bits per heavy atom. The molecule has 5 heteroatoms. The molecule has 0 spiro atoms. The lowest BCUT2D eigenvalue weighted by Gasteiger charge is -2.33. The Morgan fingerprint density at radius 3 is 2.54 bits per heavy atom. The molecule has 0 radical (unpaired) electrons. The molecule has 2 N–H and O–H groups in total. The lowest BCUT2D eigenvalue weighted by Crippen LogP contribution is -2.35. The summed E-state index contributed by atoms with van der Waals surface area (Å²) in [4.78, 5) is 0. The molecule has 1 heterocycles. The summed E-state index contributed by atoms with van der Waals surface area (Å²) in [6, 6.07) is 14.1. The van der Waals surface area contributed by atoms with Crippen LogP contribution in [0.5, 0.6) is 17.2 Å². The van der Waals surface area contributed by atoms with E-state index in [-0.39, 0.29) is 17.9 Å². The van der Waals surface area contributed by atoms with Crippen molar-refractivity contribution in [3.63, 3.8) is 0 Å². The van der Waals surface area contributed by atoms with Crippen LogP contribution >= 0.6 is 0 Å². The second-order valence-corrected chi connectivity index (χ2v) is 6.85.